The highest BCUT2D eigenvalue weighted by atomic mass is 35.5. The number of rotatable bonds is 11. The molecule has 0 unspecified atom stereocenters. The standard InChI is InChI=1S/C25H32ClN3O3S/c1-6-7-12-29(25(30)21-10-8-9-11-22(21)26)19(4)33-24(28-27)20-15-17(2)23(18(3)16-20)32-14-13-31-5/h8-11,15-16H,4,6-7,12-14,27H2,1-3,5H3/b28-24-. The molecule has 0 saturated heterocycles. The summed E-state index contributed by atoms with van der Waals surface area (Å²) >= 11 is 7.54. The van der Waals surface area contributed by atoms with Crippen molar-refractivity contribution in [3.63, 3.8) is 0 Å². The second-order valence-corrected chi connectivity index (χ2v) is 8.97. The van der Waals surface area contributed by atoms with Crippen molar-refractivity contribution in [3.8, 4) is 5.75 Å². The third-order valence-electron chi connectivity index (χ3n) is 4.96. The van der Waals surface area contributed by atoms with Crippen LogP contribution in [-0.2, 0) is 4.74 Å². The molecule has 0 saturated carbocycles. The van der Waals surface area contributed by atoms with E-state index in [9.17, 15) is 4.79 Å². The molecule has 2 rings (SSSR count). The Kier molecular flexibility index (Phi) is 10.8. The van der Waals surface area contributed by atoms with E-state index in [2.05, 4.69) is 18.6 Å². The molecule has 0 aliphatic rings. The van der Waals surface area contributed by atoms with Gasteiger partial charge in [0.1, 0.15) is 17.4 Å². The third kappa shape index (κ3) is 7.25. The number of thioether (sulfide) groups is 1. The minimum absolute atomic E-state index is 0.197. The Hall–Kier alpha value is -2.48. The molecule has 0 heterocycles. The predicted molar refractivity (Wildman–Crippen MR) is 138 cm³/mol. The van der Waals surface area contributed by atoms with Crippen LogP contribution in [0.5, 0.6) is 5.75 Å². The molecule has 0 atom stereocenters. The third-order valence-corrected chi connectivity index (χ3v) is 6.28. The second kappa shape index (κ2) is 13.3. The maximum atomic E-state index is 13.3. The van der Waals surface area contributed by atoms with E-state index in [1.165, 1.54) is 11.8 Å². The number of carbonyl (C=O) groups is 1. The summed E-state index contributed by atoms with van der Waals surface area (Å²) < 4.78 is 10.9. The zero-order valence-corrected chi connectivity index (χ0v) is 21.3. The summed E-state index contributed by atoms with van der Waals surface area (Å²) in [6.45, 7) is 11.7. The van der Waals surface area contributed by atoms with Gasteiger partial charge in [-0.05, 0) is 55.7 Å². The maximum absolute atomic E-state index is 13.3. The number of hydrogen-bond donors (Lipinski definition) is 1. The van der Waals surface area contributed by atoms with Gasteiger partial charge in [0, 0.05) is 19.2 Å². The van der Waals surface area contributed by atoms with Gasteiger partial charge in [0.25, 0.3) is 5.91 Å². The molecule has 0 aliphatic carbocycles. The van der Waals surface area contributed by atoms with Gasteiger partial charge in [-0.1, -0.05) is 55.4 Å². The molecule has 1 amide bonds. The van der Waals surface area contributed by atoms with E-state index >= 15 is 0 Å². The summed E-state index contributed by atoms with van der Waals surface area (Å²) in [6, 6.07) is 10.9. The van der Waals surface area contributed by atoms with E-state index in [0.29, 0.717) is 40.4 Å². The molecule has 2 aromatic rings. The van der Waals surface area contributed by atoms with Gasteiger partial charge < -0.3 is 20.2 Å². The van der Waals surface area contributed by atoms with Crippen LogP contribution in [0.25, 0.3) is 0 Å². The van der Waals surface area contributed by atoms with Crippen LogP contribution in [0, 0.1) is 13.8 Å². The zero-order valence-electron chi connectivity index (χ0n) is 19.7. The molecule has 6 nitrogen and oxygen atoms in total. The molecule has 0 bridgehead atoms. The van der Waals surface area contributed by atoms with E-state index in [-0.39, 0.29) is 5.91 Å². The second-order valence-electron chi connectivity index (χ2n) is 7.50. The van der Waals surface area contributed by atoms with Gasteiger partial charge in [-0.15, -0.1) is 0 Å². The fraction of sp³-hybridized carbons (Fsp3) is 0.360. The number of benzene rings is 2. The number of ether oxygens (including phenoxy) is 2. The van der Waals surface area contributed by atoms with Crippen molar-refractivity contribution < 1.29 is 14.3 Å². The molecule has 0 radical (unpaired) electrons. The highest BCUT2D eigenvalue weighted by Crippen LogP contribution is 2.31. The number of unbranched alkanes of at least 4 members (excludes halogenated alkanes) is 1. The number of aryl methyl sites for hydroxylation is 2. The summed E-state index contributed by atoms with van der Waals surface area (Å²) in [5.74, 6) is 6.37. The Balaban J connectivity index is 2.27. The number of halogens is 1. The smallest absolute Gasteiger partial charge is 0.260 e. The zero-order chi connectivity index (χ0) is 24.4. The van der Waals surface area contributed by atoms with Crippen molar-refractivity contribution in [2.45, 2.75) is 33.6 Å². The number of carbonyl (C=O) groups excluding carboxylic acids is 1. The Morgan fingerprint density at radius 2 is 1.88 bits per heavy atom. The van der Waals surface area contributed by atoms with Crippen molar-refractivity contribution in [2.75, 3.05) is 26.9 Å². The molecule has 0 aliphatic heterocycles. The first-order valence-corrected chi connectivity index (χ1v) is 12.0. The van der Waals surface area contributed by atoms with Crippen LogP contribution in [0.2, 0.25) is 5.02 Å². The number of hydrazone groups is 1. The highest BCUT2D eigenvalue weighted by molar-refractivity contribution is 8.17. The van der Waals surface area contributed by atoms with Crippen LogP contribution in [0.4, 0.5) is 0 Å². The van der Waals surface area contributed by atoms with Gasteiger partial charge in [-0.25, -0.2) is 0 Å². The van der Waals surface area contributed by atoms with E-state index < -0.39 is 0 Å². The summed E-state index contributed by atoms with van der Waals surface area (Å²) in [7, 11) is 1.64. The molecular formula is C25H32ClN3O3S. The van der Waals surface area contributed by atoms with Crippen LogP contribution in [0.3, 0.4) is 0 Å². The lowest BCUT2D eigenvalue weighted by Gasteiger charge is -2.25. The molecule has 0 aromatic heterocycles. The Bertz CT molecular complexity index is 987. The maximum Gasteiger partial charge on any atom is 0.260 e. The molecule has 0 spiro atoms. The Morgan fingerprint density at radius 1 is 1.21 bits per heavy atom. The van der Waals surface area contributed by atoms with Gasteiger partial charge in [0.05, 0.1) is 22.2 Å². The Labute approximate surface area is 205 Å². The van der Waals surface area contributed by atoms with Crippen LogP contribution in [0.1, 0.15) is 46.8 Å². The van der Waals surface area contributed by atoms with Crippen molar-refractivity contribution in [1.82, 2.24) is 4.90 Å². The monoisotopic (exact) mass is 489 g/mol. The number of nitrogens with zero attached hydrogens (tertiary/aromatic N) is 2. The van der Waals surface area contributed by atoms with Crippen LogP contribution < -0.4 is 10.6 Å². The van der Waals surface area contributed by atoms with Gasteiger partial charge in [0.15, 0.2) is 0 Å². The largest absolute Gasteiger partial charge is 0.491 e. The van der Waals surface area contributed by atoms with Crippen LogP contribution in [0.15, 0.2) is 53.1 Å². The Morgan fingerprint density at radius 3 is 2.45 bits per heavy atom. The summed E-state index contributed by atoms with van der Waals surface area (Å²) in [5, 5.41) is 5.49. The van der Waals surface area contributed by atoms with Crippen LogP contribution in [-0.4, -0.2) is 42.7 Å². The quantitative estimate of drug-likeness (QED) is 0.143. The lowest BCUT2D eigenvalue weighted by Crippen LogP contribution is -2.30. The van der Waals surface area contributed by atoms with Crippen molar-refractivity contribution in [3.05, 3.63) is 75.3 Å². The van der Waals surface area contributed by atoms with E-state index in [4.69, 9.17) is 26.9 Å². The summed E-state index contributed by atoms with van der Waals surface area (Å²) in [6.07, 6.45) is 1.77. The molecule has 178 valence electrons. The molecule has 2 aromatic carbocycles. The number of amides is 1. The van der Waals surface area contributed by atoms with Crippen molar-refractivity contribution in [1.29, 1.82) is 0 Å². The lowest BCUT2D eigenvalue weighted by atomic mass is 10.1. The molecule has 2 N–H and O–H groups in total. The van der Waals surface area contributed by atoms with E-state index in [0.717, 1.165) is 35.3 Å². The minimum atomic E-state index is -0.197. The molecule has 8 heteroatoms. The van der Waals surface area contributed by atoms with Crippen molar-refractivity contribution in [2.24, 2.45) is 10.9 Å². The van der Waals surface area contributed by atoms with E-state index in [1.54, 1.807) is 36.3 Å². The van der Waals surface area contributed by atoms with Gasteiger partial charge in [-0.3, -0.25) is 4.79 Å². The number of nitrogens with two attached hydrogens (primary N) is 1. The van der Waals surface area contributed by atoms with Crippen LogP contribution >= 0.6 is 23.4 Å². The number of methoxy groups -OCH3 is 1. The SMILES string of the molecule is C=C(S/C(=N\N)c1cc(C)c(OCCOC)c(C)c1)N(CCCC)C(=O)c1ccccc1Cl. The fourth-order valence-electron chi connectivity index (χ4n) is 3.29. The summed E-state index contributed by atoms with van der Waals surface area (Å²) in [4.78, 5) is 14.9. The first-order valence-electron chi connectivity index (χ1n) is 10.8. The predicted octanol–water partition coefficient (Wildman–Crippen LogP) is 5.75. The highest BCUT2D eigenvalue weighted by Gasteiger charge is 2.23. The number of hydrogen-bond acceptors (Lipinski definition) is 6. The normalized spacial score (nSPS) is 11.4. The molecule has 0 fully saturated rings. The first-order chi connectivity index (χ1) is 15.8. The van der Waals surface area contributed by atoms with Gasteiger partial charge in [0.2, 0.25) is 0 Å². The average molecular weight is 490 g/mol. The summed E-state index contributed by atoms with van der Waals surface area (Å²) in [5.41, 5.74) is 3.19. The van der Waals surface area contributed by atoms with Crippen molar-refractivity contribution >= 4 is 34.3 Å². The molecular weight excluding hydrogens is 458 g/mol. The fourth-order valence-corrected chi connectivity index (χ4v) is 4.30. The van der Waals surface area contributed by atoms with E-state index in [1.807, 2.05) is 26.0 Å². The first kappa shape index (κ1) is 26.8. The van der Waals surface area contributed by atoms with Gasteiger partial charge >= 0.3 is 0 Å². The van der Waals surface area contributed by atoms with Gasteiger partial charge in [-0.2, -0.15) is 5.10 Å². The topological polar surface area (TPSA) is 77.2 Å². The minimum Gasteiger partial charge on any atom is -0.491 e. The average Bonchev–Trinajstić information content (AvgIpc) is 2.79. The molecule has 33 heavy (non-hydrogen) atoms. The lowest BCUT2D eigenvalue weighted by molar-refractivity contribution is 0.0816.